The number of anilines is 1. The third-order valence-electron chi connectivity index (χ3n) is 5.35. The van der Waals surface area contributed by atoms with Gasteiger partial charge in [0.15, 0.2) is 0 Å². The number of carbonyl (C=O) groups excluding carboxylic acids is 2. The van der Waals surface area contributed by atoms with Crippen molar-refractivity contribution in [3.05, 3.63) is 71.3 Å². The molecule has 1 aliphatic rings. The van der Waals surface area contributed by atoms with E-state index in [-0.39, 0.29) is 23.3 Å². The number of hydrogen-bond donors (Lipinski definition) is 1. The van der Waals surface area contributed by atoms with Crippen LogP contribution in [0.15, 0.2) is 54.6 Å². The fourth-order valence-electron chi connectivity index (χ4n) is 3.73. The Bertz CT molecular complexity index is 890. The molecule has 4 heteroatoms. The molecule has 1 N–H and O–H groups in total. The van der Waals surface area contributed by atoms with Crippen molar-refractivity contribution in [2.24, 2.45) is 0 Å². The van der Waals surface area contributed by atoms with Gasteiger partial charge in [0.1, 0.15) is 0 Å². The molecule has 2 aromatic carbocycles. The van der Waals surface area contributed by atoms with Crippen molar-refractivity contribution >= 4 is 23.6 Å². The number of carbonyl (C=O) groups is 2. The topological polar surface area (TPSA) is 49.4 Å². The molecule has 2 aromatic rings. The van der Waals surface area contributed by atoms with Crippen LogP contribution in [0, 0.1) is 0 Å². The van der Waals surface area contributed by atoms with Crippen molar-refractivity contribution in [1.82, 2.24) is 4.90 Å². The van der Waals surface area contributed by atoms with Gasteiger partial charge < -0.3 is 10.2 Å². The zero-order valence-electron chi connectivity index (χ0n) is 17.7. The highest BCUT2D eigenvalue weighted by molar-refractivity contribution is 5.92. The summed E-state index contributed by atoms with van der Waals surface area (Å²) in [6.07, 6.45) is 5.50. The molecule has 0 saturated carbocycles. The van der Waals surface area contributed by atoms with Crippen LogP contribution in [0.1, 0.15) is 63.3 Å². The second-order valence-electron chi connectivity index (χ2n) is 8.70. The number of nitrogens with zero attached hydrogens (tertiary/aromatic N) is 1. The van der Waals surface area contributed by atoms with Crippen LogP contribution in [0.5, 0.6) is 0 Å². The van der Waals surface area contributed by atoms with E-state index in [0.29, 0.717) is 0 Å². The standard InChI is InChI=1S/C25H30N2O2/c1-18(28)26-22-14-7-19(8-15-22)9-16-24(29)27-17-5-6-23(27)20-10-12-21(13-11-20)25(2,3)4/h7-16,23H,5-6,17H2,1-4H3,(H,26,28)/b16-9+. The average molecular weight is 391 g/mol. The number of nitrogens with one attached hydrogen (secondary N) is 1. The number of amides is 2. The van der Waals surface area contributed by atoms with E-state index in [1.54, 1.807) is 6.08 Å². The molecule has 2 amide bonds. The van der Waals surface area contributed by atoms with Crippen molar-refractivity contribution in [2.45, 2.75) is 52.0 Å². The minimum Gasteiger partial charge on any atom is -0.332 e. The lowest BCUT2D eigenvalue weighted by Crippen LogP contribution is -2.29. The van der Waals surface area contributed by atoms with E-state index >= 15 is 0 Å². The third-order valence-corrected chi connectivity index (χ3v) is 5.35. The second-order valence-corrected chi connectivity index (χ2v) is 8.70. The summed E-state index contributed by atoms with van der Waals surface area (Å²) in [4.78, 5) is 25.9. The maximum Gasteiger partial charge on any atom is 0.247 e. The summed E-state index contributed by atoms with van der Waals surface area (Å²) in [6.45, 7) is 8.90. The quantitative estimate of drug-likeness (QED) is 0.718. The van der Waals surface area contributed by atoms with Crippen molar-refractivity contribution in [3.63, 3.8) is 0 Å². The summed E-state index contributed by atoms with van der Waals surface area (Å²) in [6, 6.07) is 16.3. The molecule has 152 valence electrons. The first-order chi connectivity index (χ1) is 13.7. The van der Waals surface area contributed by atoms with Gasteiger partial charge in [-0.05, 0) is 53.2 Å². The highest BCUT2D eigenvalue weighted by atomic mass is 16.2. The number of rotatable bonds is 4. The largest absolute Gasteiger partial charge is 0.332 e. The van der Waals surface area contributed by atoms with E-state index in [0.717, 1.165) is 30.6 Å². The molecule has 1 atom stereocenters. The highest BCUT2D eigenvalue weighted by Crippen LogP contribution is 2.33. The van der Waals surface area contributed by atoms with E-state index in [9.17, 15) is 9.59 Å². The van der Waals surface area contributed by atoms with Gasteiger partial charge in [-0.3, -0.25) is 9.59 Å². The number of hydrogen-bond acceptors (Lipinski definition) is 2. The van der Waals surface area contributed by atoms with Gasteiger partial charge in [-0.1, -0.05) is 57.2 Å². The maximum absolute atomic E-state index is 12.8. The van der Waals surface area contributed by atoms with Gasteiger partial charge in [0.2, 0.25) is 11.8 Å². The van der Waals surface area contributed by atoms with Gasteiger partial charge >= 0.3 is 0 Å². The van der Waals surface area contributed by atoms with Gasteiger partial charge in [0.25, 0.3) is 0 Å². The monoisotopic (exact) mass is 390 g/mol. The Hall–Kier alpha value is -2.88. The van der Waals surface area contributed by atoms with Crippen molar-refractivity contribution < 1.29 is 9.59 Å². The molecule has 1 fully saturated rings. The minimum atomic E-state index is -0.0981. The SMILES string of the molecule is CC(=O)Nc1ccc(/C=C/C(=O)N2CCCC2c2ccc(C(C)(C)C)cc2)cc1. The van der Waals surface area contributed by atoms with Crippen molar-refractivity contribution in [3.8, 4) is 0 Å². The van der Waals surface area contributed by atoms with Gasteiger partial charge in [-0.25, -0.2) is 0 Å². The Morgan fingerprint density at radius 3 is 2.28 bits per heavy atom. The predicted molar refractivity (Wildman–Crippen MR) is 119 cm³/mol. The second kappa shape index (κ2) is 8.64. The van der Waals surface area contributed by atoms with E-state index < -0.39 is 0 Å². The van der Waals surface area contributed by atoms with E-state index in [4.69, 9.17) is 0 Å². The molecule has 1 saturated heterocycles. The van der Waals surface area contributed by atoms with E-state index in [1.807, 2.05) is 35.2 Å². The first-order valence-corrected chi connectivity index (χ1v) is 10.2. The molecule has 0 aromatic heterocycles. The first kappa shape index (κ1) is 20.8. The lowest BCUT2D eigenvalue weighted by molar-refractivity contribution is -0.126. The Morgan fingerprint density at radius 2 is 1.69 bits per heavy atom. The summed E-state index contributed by atoms with van der Waals surface area (Å²) >= 11 is 0. The molecule has 29 heavy (non-hydrogen) atoms. The predicted octanol–water partition coefficient (Wildman–Crippen LogP) is 5.32. The molecule has 0 bridgehead atoms. The molecule has 0 spiro atoms. The lowest BCUT2D eigenvalue weighted by atomic mass is 9.86. The van der Waals surface area contributed by atoms with Crippen LogP contribution >= 0.6 is 0 Å². The summed E-state index contributed by atoms with van der Waals surface area (Å²) in [5.41, 5.74) is 4.32. The molecule has 1 heterocycles. The molecular formula is C25H30N2O2. The summed E-state index contributed by atoms with van der Waals surface area (Å²) in [7, 11) is 0. The third kappa shape index (κ3) is 5.35. The van der Waals surface area contributed by atoms with Crippen LogP contribution in [0.2, 0.25) is 0 Å². The lowest BCUT2D eigenvalue weighted by Gasteiger charge is -2.25. The molecule has 0 aliphatic carbocycles. The normalized spacial score (nSPS) is 17.0. The molecule has 4 nitrogen and oxygen atoms in total. The van der Waals surface area contributed by atoms with Crippen LogP contribution in [-0.2, 0) is 15.0 Å². The average Bonchev–Trinajstić information content (AvgIpc) is 3.16. The Balaban J connectivity index is 1.68. The van der Waals surface area contributed by atoms with Gasteiger partial charge in [-0.15, -0.1) is 0 Å². The fraction of sp³-hybridized carbons (Fsp3) is 0.360. The molecule has 1 unspecified atom stereocenters. The van der Waals surface area contributed by atoms with Gasteiger partial charge in [-0.2, -0.15) is 0 Å². The summed E-state index contributed by atoms with van der Waals surface area (Å²) in [5.74, 6) is -0.0580. The minimum absolute atomic E-state index is 0.0401. The molecule has 3 rings (SSSR count). The van der Waals surface area contributed by atoms with Crippen LogP contribution < -0.4 is 5.32 Å². The Morgan fingerprint density at radius 1 is 1.03 bits per heavy atom. The van der Waals surface area contributed by atoms with Crippen LogP contribution in [0.3, 0.4) is 0 Å². The summed E-state index contributed by atoms with van der Waals surface area (Å²) < 4.78 is 0. The zero-order valence-corrected chi connectivity index (χ0v) is 17.7. The Labute approximate surface area is 173 Å². The smallest absolute Gasteiger partial charge is 0.247 e. The zero-order chi connectivity index (χ0) is 21.0. The van der Waals surface area contributed by atoms with Crippen LogP contribution in [-0.4, -0.2) is 23.3 Å². The van der Waals surface area contributed by atoms with Crippen LogP contribution in [0.25, 0.3) is 6.08 Å². The number of benzene rings is 2. The first-order valence-electron chi connectivity index (χ1n) is 10.2. The Kier molecular flexibility index (Phi) is 6.21. The van der Waals surface area contributed by atoms with E-state index in [1.165, 1.54) is 18.1 Å². The molecule has 1 aliphatic heterocycles. The highest BCUT2D eigenvalue weighted by Gasteiger charge is 2.29. The van der Waals surface area contributed by atoms with Crippen molar-refractivity contribution in [1.29, 1.82) is 0 Å². The molecule has 0 radical (unpaired) electrons. The van der Waals surface area contributed by atoms with Crippen LogP contribution in [0.4, 0.5) is 5.69 Å². The fourth-order valence-corrected chi connectivity index (χ4v) is 3.73. The van der Waals surface area contributed by atoms with Crippen molar-refractivity contribution in [2.75, 3.05) is 11.9 Å². The molecular weight excluding hydrogens is 360 g/mol. The van der Waals surface area contributed by atoms with Gasteiger partial charge in [0, 0.05) is 25.2 Å². The summed E-state index contributed by atoms with van der Waals surface area (Å²) in [5, 5.41) is 2.74. The number of likely N-dealkylation sites (tertiary alicyclic amines) is 1. The van der Waals surface area contributed by atoms with Gasteiger partial charge in [0.05, 0.1) is 6.04 Å². The van der Waals surface area contributed by atoms with E-state index in [2.05, 4.69) is 50.4 Å². The maximum atomic E-state index is 12.8.